The zero-order valence-corrected chi connectivity index (χ0v) is 9.87. The molecule has 2 bridgehead atoms. The van der Waals surface area contributed by atoms with E-state index in [0.717, 1.165) is 18.9 Å². The first-order valence-electron chi connectivity index (χ1n) is 5.87. The normalized spacial score (nSPS) is 28.7. The third-order valence-corrected chi connectivity index (χ3v) is 3.76. The molecule has 0 spiro atoms. The average Bonchev–Trinajstić information content (AvgIpc) is 2.29. The summed E-state index contributed by atoms with van der Waals surface area (Å²) in [6, 6.07) is 4.60. The van der Waals surface area contributed by atoms with Crippen LogP contribution in [0.1, 0.15) is 24.8 Å². The molecule has 0 aromatic carbocycles. The lowest BCUT2D eigenvalue weighted by Gasteiger charge is -2.34. The van der Waals surface area contributed by atoms with Gasteiger partial charge in [-0.05, 0) is 48.9 Å². The first-order chi connectivity index (χ1) is 7.81. The molecule has 1 fully saturated rings. The molecule has 2 aliphatic rings. The lowest BCUT2D eigenvalue weighted by atomic mass is 9.80. The number of hydrogen-bond donors (Lipinski definition) is 1. The van der Waals surface area contributed by atoms with E-state index in [2.05, 4.69) is 22.4 Å². The fourth-order valence-corrected chi connectivity index (χ4v) is 2.86. The largest absolute Gasteiger partial charge is 0.314 e. The molecule has 3 heteroatoms. The van der Waals surface area contributed by atoms with Crippen molar-refractivity contribution in [3.63, 3.8) is 0 Å². The third-order valence-electron chi connectivity index (χ3n) is 3.54. The van der Waals surface area contributed by atoms with Gasteiger partial charge in [-0.1, -0.05) is 23.7 Å². The van der Waals surface area contributed by atoms with Crippen molar-refractivity contribution in [1.29, 1.82) is 0 Å². The smallest absolute Gasteiger partial charge is 0.129 e. The number of aromatic nitrogens is 1. The molecule has 3 rings (SSSR count). The van der Waals surface area contributed by atoms with Crippen molar-refractivity contribution in [3.8, 4) is 0 Å². The van der Waals surface area contributed by atoms with Crippen molar-refractivity contribution in [2.24, 2.45) is 5.92 Å². The number of pyridine rings is 1. The molecular weight excluding hydrogens is 220 g/mol. The Kier molecular flexibility index (Phi) is 2.70. The third kappa shape index (κ3) is 2.00. The molecule has 2 unspecified atom stereocenters. The van der Waals surface area contributed by atoms with Crippen LogP contribution in [0.5, 0.6) is 0 Å². The Morgan fingerprint density at radius 1 is 1.38 bits per heavy atom. The number of halogens is 1. The van der Waals surface area contributed by atoms with Gasteiger partial charge in [-0.25, -0.2) is 4.98 Å². The summed E-state index contributed by atoms with van der Waals surface area (Å²) in [5, 5.41) is 4.14. The van der Waals surface area contributed by atoms with E-state index < -0.39 is 0 Å². The van der Waals surface area contributed by atoms with Gasteiger partial charge >= 0.3 is 0 Å². The fraction of sp³-hybridized carbons (Fsp3) is 0.462. The van der Waals surface area contributed by atoms with E-state index in [1.54, 1.807) is 0 Å². The topological polar surface area (TPSA) is 24.9 Å². The summed E-state index contributed by atoms with van der Waals surface area (Å²) in [7, 11) is 0. The highest BCUT2D eigenvalue weighted by Crippen LogP contribution is 2.33. The van der Waals surface area contributed by atoms with Gasteiger partial charge in [-0.3, -0.25) is 0 Å². The van der Waals surface area contributed by atoms with Crippen molar-refractivity contribution in [1.82, 2.24) is 10.3 Å². The van der Waals surface area contributed by atoms with Crippen LogP contribution >= 0.6 is 11.6 Å². The Bertz CT molecular complexity index is 410. The summed E-state index contributed by atoms with van der Waals surface area (Å²) < 4.78 is 0. The Morgan fingerprint density at radius 3 is 3.06 bits per heavy atom. The molecule has 2 heterocycles. The Morgan fingerprint density at radius 2 is 2.31 bits per heavy atom. The summed E-state index contributed by atoms with van der Waals surface area (Å²) in [5.74, 6) is 0.755. The lowest BCUT2D eigenvalue weighted by molar-refractivity contribution is 0.335. The monoisotopic (exact) mass is 234 g/mol. The average molecular weight is 235 g/mol. The Labute approximate surface area is 101 Å². The first kappa shape index (κ1) is 10.3. The minimum Gasteiger partial charge on any atom is -0.314 e. The SMILES string of the molecule is Clc1ccc(C2=CC3CCNC(C2)C3)cn1. The van der Waals surface area contributed by atoms with Gasteiger partial charge in [0.1, 0.15) is 5.15 Å². The zero-order chi connectivity index (χ0) is 11.0. The van der Waals surface area contributed by atoms with Gasteiger partial charge in [0.05, 0.1) is 0 Å². The summed E-state index contributed by atoms with van der Waals surface area (Å²) in [5.41, 5.74) is 2.65. The number of allylic oxidation sites excluding steroid dienone is 1. The van der Waals surface area contributed by atoms with E-state index in [1.165, 1.54) is 24.0 Å². The highest BCUT2D eigenvalue weighted by Gasteiger charge is 2.26. The van der Waals surface area contributed by atoms with Gasteiger partial charge in [0.2, 0.25) is 0 Å². The van der Waals surface area contributed by atoms with Crippen molar-refractivity contribution in [2.45, 2.75) is 25.3 Å². The highest BCUT2D eigenvalue weighted by molar-refractivity contribution is 6.29. The molecule has 0 amide bonds. The molecule has 1 saturated heterocycles. The standard InChI is InChI=1S/C13H15ClN2/c14-13-2-1-10(8-16-13)11-5-9-3-4-15-12(6-9)7-11/h1-2,5,8-9,12,15H,3-4,6-7H2. The maximum atomic E-state index is 5.80. The van der Waals surface area contributed by atoms with Crippen LogP contribution < -0.4 is 5.32 Å². The minimum absolute atomic E-state index is 0.568. The highest BCUT2D eigenvalue weighted by atomic mass is 35.5. The van der Waals surface area contributed by atoms with Crippen LogP contribution in [0.2, 0.25) is 5.15 Å². The van der Waals surface area contributed by atoms with Gasteiger partial charge in [0.25, 0.3) is 0 Å². The number of nitrogens with zero attached hydrogens (tertiary/aromatic N) is 1. The van der Waals surface area contributed by atoms with E-state index in [0.29, 0.717) is 11.2 Å². The molecule has 16 heavy (non-hydrogen) atoms. The van der Waals surface area contributed by atoms with Gasteiger partial charge in [0.15, 0.2) is 0 Å². The van der Waals surface area contributed by atoms with Crippen molar-refractivity contribution < 1.29 is 0 Å². The van der Waals surface area contributed by atoms with Gasteiger partial charge < -0.3 is 5.32 Å². The van der Waals surface area contributed by atoms with Crippen LogP contribution in [0.15, 0.2) is 24.4 Å². The van der Waals surface area contributed by atoms with Crippen molar-refractivity contribution in [2.75, 3.05) is 6.54 Å². The fourth-order valence-electron chi connectivity index (χ4n) is 2.74. The molecule has 1 aliphatic heterocycles. The molecule has 1 aromatic rings. The molecular formula is C13H15ClN2. The van der Waals surface area contributed by atoms with E-state index in [9.17, 15) is 0 Å². The summed E-state index contributed by atoms with van der Waals surface area (Å²) in [4.78, 5) is 4.15. The Hall–Kier alpha value is -0.860. The predicted molar refractivity (Wildman–Crippen MR) is 66.4 cm³/mol. The number of rotatable bonds is 1. The van der Waals surface area contributed by atoms with Gasteiger partial charge in [0, 0.05) is 12.2 Å². The van der Waals surface area contributed by atoms with Crippen LogP contribution in [0.3, 0.4) is 0 Å². The van der Waals surface area contributed by atoms with Crippen molar-refractivity contribution in [3.05, 3.63) is 35.1 Å². The van der Waals surface area contributed by atoms with Crippen LogP contribution in [-0.2, 0) is 0 Å². The van der Waals surface area contributed by atoms with Gasteiger partial charge in [-0.15, -0.1) is 0 Å². The maximum Gasteiger partial charge on any atom is 0.129 e. The second-order valence-electron chi connectivity index (χ2n) is 4.70. The quantitative estimate of drug-likeness (QED) is 0.756. The molecule has 84 valence electrons. The van der Waals surface area contributed by atoms with Crippen LogP contribution in [0.25, 0.3) is 5.57 Å². The number of nitrogens with one attached hydrogen (secondary N) is 1. The second-order valence-corrected chi connectivity index (χ2v) is 5.09. The van der Waals surface area contributed by atoms with Crippen LogP contribution in [-0.4, -0.2) is 17.6 Å². The number of fused-ring (bicyclic) bond motifs is 2. The number of piperidine rings is 1. The van der Waals surface area contributed by atoms with E-state index in [4.69, 9.17) is 11.6 Å². The van der Waals surface area contributed by atoms with Crippen LogP contribution in [0, 0.1) is 5.92 Å². The minimum atomic E-state index is 0.568. The molecule has 1 aromatic heterocycles. The molecule has 1 aliphatic carbocycles. The molecule has 2 atom stereocenters. The molecule has 0 saturated carbocycles. The van der Waals surface area contributed by atoms with Crippen molar-refractivity contribution >= 4 is 17.2 Å². The Balaban J connectivity index is 1.89. The van der Waals surface area contributed by atoms with Gasteiger partial charge in [-0.2, -0.15) is 0 Å². The van der Waals surface area contributed by atoms with E-state index in [1.807, 2.05) is 12.3 Å². The summed E-state index contributed by atoms with van der Waals surface area (Å²) in [6.45, 7) is 1.16. The zero-order valence-electron chi connectivity index (χ0n) is 9.12. The first-order valence-corrected chi connectivity index (χ1v) is 6.25. The lowest BCUT2D eigenvalue weighted by Crippen LogP contribution is -2.39. The van der Waals surface area contributed by atoms with E-state index in [-0.39, 0.29) is 0 Å². The maximum absolute atomic E-state index is 5.80. The molecule has 0 radical (unpaired) electrons. The second kappa shape index (κ2) is 4.19. The summed E-state index contributed by atoms with van der Waals surface area (Å²) in [6.07, 6.45) is 8.00. The molecule has 1 N–H and O–H groups in total. The predicted octanol–water partition coefficient (Wildman–Crippen LogP) is 2.89. The summed E-state index contributed by atoms with van der Waals surface area (Å²) >= 11 is 5.80. The van der Waals surface area contributed by atoms with Crippen LogP contribution in [0.4, 0.5) is 0 Å². The number of hydrogen-bond acceptors (Lipinski definition) is 2. The molecule has 2 nitrogen and oxygen atoms in total. The van der Waals surface area contributed by atoms with E-state index >= 15 is 0 Å².